The first-order valence-corrected chi connectivity index (χ1v) is 5.78. The maximum Gasteiger partial charge on any atom is 0.144 e. The highest BCUT2D eigenvalue weighted by molar-refractivity contribution is 6.30. The van der Waals surface area contributed by atoms with E-state index < -0.39 is 0 Å². The number of rotatable bonds is 3. The molecule has 0 fully saturated rings. The van der Waals surface area contributed by atoms with Crippen molar-refractivity contribution in [1.82, 2.24) is 9.55 Å². The molecule has 1 aromatic carbocycles. The van der Waals surface area contributed by atoms with E-state index in [0.29, 0.717) is 16.7 Å². The molecule has 0 aliphatic rings. The van der Waals surface area contributed by atoms with Gasteiger partial charge in [0, 0.05) is 7.05 Å². The topological polar surface area (TPSA) is 50.8 Å². The molecule has 0 saturated carbocycles. The molecule has 0 aliphatic heterocycles. The zero-order valence-electron chi connectivity index (χ0n) is 10.1. The molecule has 0 radical (unpaired) electrons. The standard InChI is InChI=1S/C13H12ClN3O/c1-17-12(14)10(7-8-15)16-13(17)9-5-3-4-6-11(9)18-2/h3-6H,7H2,1-2H3. The zero-order valence-corrected chi connectivity index (χ0v) is 10.9. The summed E-state index contributed by atoms with van der Waals surface area (Å²) in [6.07, 6.45) is 0.196. The van der Waals surface area contributed by atoms with Crippen molar-refractivity contribution >= 4 is 11.6 Å². The molecular formula is C13H12ClN3O. The summed E-state index contributed by atoms with van der Waals surface area (Å²) < 4.78 is 7.06. The third-order valence-electron chi connectivity index (χ3n) is 2.69. The largest absolute Gasteiger partial charge is 0.496 e. The first-order valence-electron chi connectivity index (χ1n) is 5.40. The van der Waals surface area contributed by atoms with Crippen molar-refractivity contribution < 1.29 is 4.74 Å². The Morgan fingerprint density at radius 1 is 1.44 bits per heavy atom. The first-order chi connectivity index (χ1) is 8.69. The third-order valence-corrected chi connectivity index (χ3v) is 3.16. The van der Waals surface area contributed by atoms with Gasteiger partial charge in [0.1, 0.15) is 16.7 Å². The smallest absolute Gasteiger partial charge is 0.144 e. The second kappa shape index (κ2) is 5.11. The van der Waals surface area contributed by atoms with Gasteiger partial charge in [0.15, 0.2) is 0 Å². The molecule has 0 unspecified atom stereocenters. The van der Waals surface area contributed by atoms with Gasteiger partial charge in [-0.2, -0.15) is 5.26 Å². The lowest BCUT2D eigenvalue weighted by molar-refractivity contribution is 0.416. The van der Waals surface area contributed by atoms with Gasteiger partial charge < -0.3 is 9.30 Å². The van der Waals surface area contributed by atoms with E-state index in [2.05, 4.69) is 11.1 Å². The van der Waals surface area contributed by atoms with E-state index in [-0.39, 0.29) is 6.42 Å². The summed E-state index contributed by atoms with van der Waals surface area (Å²) in [6, 6.07) is 9.63. The minimum atomic E-state index is 0.196. The maximum atomic E-state index is 8.73. The van der Waals surface area contributed by atoms with Crippen molar-refractivity contribution in [1.29, 1.82) is 5.26 Å². The van der Waals surface area contributed by atoms with Crippen molar-refractivity contribution in [3.63, 3.8) is 0 Å². The molecule has 1 aromatic heterocycles. The van der Waals surface area contributed by atoms with Gasteiger partial charge in [0.2, 0.25) is 0 Å². The molecule has 2 aromatic rings. The molecule has 4 nitrogen and oxygen atoms in total. The molecule has 1 heterocycles. The van der Waals surface area contributed by atoms with Crippen LogP contribution in [-0.4, -0.2) is 16.7 Å². The number of halogens is 1. The normalized spacial score (nSPS) is 10.1. The summed E-state index contributed by atoms with van der Waals surface area (Å²) in [7, 11) is 3.43. The maximum absolute atomic E-state index is 8.73. The van der Waals surface area contributed by atoms with Gasteiger partial charge in [-0.05, 0) is 12.1 Å². The molecule has 0 amide bonds. The van der Waals surface area contributed by atoms with E-state index in [1.165, 1.54) is 0 Å². The Hall–Kier alpha value is -1.99. The van der Waals surface area contributed by atoms with Crippen molar-refractivity contribution in [2.75, 3.05) is 7.11 Å². The fourth-order valence-electron chi connectivity index (χ4n) is 1.79. The number of para-hydroxylation sites is 1. The Kier molecular flexibility index (Phi) is 3.54. The molecule has 0 aliphatic carbocycles. The summed E-state index contributed by atoms with van der Waals surface area (Å²) in [4.78, 5) is 4.41. The lowest BCUT2D eigenvalue weighted by Crippen LogP contribution is -1.95. The molecule has 0 spiro atoms. The molecule has 92 valence electrons. The van der Waals surface area contributed by atoms with Crippen LogP contribution in [0.4, 0.5) is 0 Å². The lowest BCUT2D eigenvalue weighted by Gasteiger charge is -2.07. The number of ether oxygens (including phenoxy) is 1. The number of nitrogens with zero attached hydrogens (tertiary/aromatic N) is 3. The minimum Gasteiger partial charge on any atom is -0.496 e. The predicted octanol–water partition coefficient (Wildman–Crippen LogP) is 2.82. The second-order valence-electron chi connectivity index (χ2n) is 3.77. The Balaban J connectivity index is 2.58. The Bertz CT molecular complexity index is 613. The number of hydrogen-bond donors (Lipinski definition) is 0. The van der Waals surface area contributed by atoms with Gasteiger partial charge in [-0.3, -0.25) is 0 Å². The van der Waals surface area contributed by atoms with Gasteiger partial charge in [-0.15, -0.1) is 0 Å². The highest BCUT2D eigenvalue weighted by Crippen LogP contribution is 2.31. The van der Waals surface area contributed by atoms with Crippen LogP contribution < -0.4 is 4.74 Å². The Morgan fingerprint density at radius 2 is 2.17 bits per heavy atom. The van der Waals surface area contributed by atoms with Crippen LogP contribution in [0.25, 0.3) is 11.4 Å². The predicted molar refractivity (Wildman–Crippen MR) is 69.5 cm³/mol. The second-order valence-corrected chi connectivity index (χ2v) is 4.13. The summed E-state index contributed by atoms with van der Waals surface area (Å²) in [6.45, 7) is 0. The number of aromatic nitrogens is 2. The molecule has 0 N–H and O–H groups in total. The fourth-order valence-corrected chi connectivity index (χ4v) is 1.98. The van der Waals surface area contributed by atoms with Crippen LogP contribution in [0.15, 0.2) is 24.3 Å². The van der Waals surface area contributed by atoms with Crippen LogP contribution in [0, 0.1) is 11.3 Å². The average molecular weight is 262 g/mol. The van der Waals surface area contributed by atoms with Gasteiger partial charge in [0.25, 0.3) is 0 Å². The van der Waals surface area contributed by atoms with E-state index >= 15 is 0 Å². The van der Waals surface area contributed by atoms with E-state index in [1.807, 2.05) is 31.3 Å². The average Bonchev–Trinajstić information content (AvgIpc) is 2.67. The summed E-state index contributed by atoms with van der Waals surface area (Å²) >= 11 is 6.15. The van der Waals surface area contributed by atoms with Crippen LogP contribution in [0.3, 0.4) is 0 Å². The Labute approximate surface area is 110 Å². The molecule has 0 saturated heterocycles. The number of methoxy groups -OCH3 is 1. The third kappa shape index (κ3) is 2.05. The van der Waals surface area contributed by atoms with Crippen molar-refractivity contribution in [3.8, 4) is 23.2 Å². The van der Waals surface area contributed by atoms with Gasteiger partial charge in [-0.25, -0.2) is 4.98 Å². The van der Waals surface area contributed by atoms with E-state index in [1.54, 1.807) is 11.7 Å². The molecule has 0 bridgehead atoms. The summed E-state index contributed by atoms with van der Waals surface area (Å²) in [5.41, 5.74) is 1.44. The number of benzene rings is 1. The monoisotopic (exact) mass is 261 g/mol. The Morgan fingerprint density at radius 3 is 2.83 bits per heavy atom. The van der Waals surface area contributed by atoms with E-state index in [4.69, 9.17) is 21.6 Å². The van der Waals surface area contributed by atoms with Crippen molar-refractivity contribution in [2.45, 2.75) is 6.42 Å². The van der Waals surface area contributed by atoms with Crippen LogP contribution >= 0.6 is 11.6 Å². The van der Waals surface area contributed by atoms with Crippen LogP contribution in [0.5, 0.6) is 5.75 Å². The van der Waals surface area contributed by atoms with E-state index in [9.17, 15) is 0 Å². The highest BCUT2D eigenvalue weighted by atomic mass is 35.5. The molecular weight excluding hydrogens is 250 g/mol. The number of hydrogen-bond acceptors (Lipinski definition) is 3. The molecule has 2 rings (SSSR count). The van der Waals surface area contributed by atoms with Gasteiger partial charge in [-0.1, -0.05) is 23.7 Å². The van der Waals surface area contributed by atoms with Crippen molar-refractivity contribution in [2.24, 2.45) is 7.05 Å². The van der Waals surface area contributed by atoms with Crippen molar-refractivity contribution in [3.05, 3.63) is 35.1 Å². The fraction of sp³-hybridized carbons (Fsp3) is 0.231. The quantitative estimate of drug-likeness (QED) is 0.854. The molecule has 0 atom stereocenters. The summed E-state index contributed by atoms with van der Waals surface area (Å²) in [5, 5.41) is 9.22. The van der Waals surface area contributed by atoms with Gasteiger partial charge in [0.05, 0.1) is 30.9 Å². The minimum absolute atomic E-state index is 0.196. The highest BCUT2D eigenvalue weighted by Gasteiger charge is 2.16. The molecule has 5 heteroatoms. The zero-order chi connectivity index (χ0) is 13.1. The van der Waals surface area contributed by atoms with Crippen LogP contribution in [0.2, 0.25) is 5.15 Å². The van der Waals surface area contributed by atoms with E-state index in [0.717, 1.165) is 11.3 Å². The van der Waals surface area contributed by atoms with Gasteiger partial charge >= 0.3 is 0 Å². The lowest BCUT2D eigenvalue weighted by atomic mass is 10.2. The van der Waals surface area contributed by atoms with Crippen LogP contribution in [0.1, 0.15) is 5.69 Å². The van der Waals surface area contributed by atoms with Crippen LogP contribution in [-0.2, 0) is 13.5 Å². The summed E-state index contributed by atoms with van der Waals surface area (Å²) in [5.74, 6) is 1.42. The SMILES string of the molecule is COc1ccccc1-c1nc(CC#N)c(Cl)n1C. The molecule has 18 heavy (non-hydrogen) atoms. The number of imidazole rings is 1. The first kappa shape index (κ1) is 12.5. The number of nitriles is 1.